The van der Waals surface area contributed by atoms with Gasteiger partial charge in [0.05, 0.1) is 5.52 Å². The van der Waals surface area contributed by atoms with Crippen LogP contribution in [0.2, 0.25) is 0 Å². The molecule has 1 aliphatic heterocycles. The van der Waals surface area contributed by atoms with Gasteiger partial charge in [0.1, 0.15) is 11.7 Å². The number of aromatic nitrogens is 1. The third-order valence-corrected chi connectivity index (χ3v) is 6.69. The molecule has 0 spiro atoms. The van der Waals surface area contributed by atoms with Gasteiger partial charge in [-0.3, -0.25) is 9.59 Å². The Hall–Kier alpha value is -4.52. The van der Waals surface area contributed by atoms with E-state index in [2.05, 4.69) is 4.98 Å². The monoisotopic (exact) mass is 493 g/mol. The molecule has 4 aromatic rings. The van der Waals surface area contributed by atoms with Gasteiger partial charge in [-0.1, -0.05) is 66.7 Å². The standard InChI is InChI=1S/C30H27N3O4/c34-28(33-18-6-11-27(33)30(36)37)24-14-12-22(13-15-24)20-32(19-21-7-2-1-3-8-21)29(35)26-17-16-23-9-4-5-10-25(23)31-26/h1-5,7-10,12-17,27H,6,11,18-20H2,(H,36,37)/t27-/m1/s1. The number of benzene rings is 3. The van der Waals surface area contributed by atoms with Crippen molar-refractivity contribution in [3.8, 4) is 0 Å². The van der Waals surface area contributed by atoms with Crippen LogP contribution in [0.25, 0.3) is 10.9 Å². The summed E-state index contributed by atoms with van der Waals surface area (Å²) in [5.74, 6) is -1.44. The van der Waals surface area contributed by atoms with Crippen molar-refractivity contribution in [3.05, 3.63) is 113 Å². The van der Waals surface area contributed by atoms with Gasteiger partial charge in [0.15, 0.2) is 0 Å². The Morgan fingerprint density at radius 1 is 0.838 bits per heavy atom. The summed E-state index contributed by atoms with van der Waals surface area (Å²) in [6.07, 6.45) is 1.15. The maximum Gasteiger partial charge on any atom is 0.326 e. The predicted octanol–water partition coefficient (Wildman–Crippen LogP) is 4.77. The fraction of sp³-hybridized carbons (Fsp3) is 0.200. The largest absolute Gasteiger partial charge is 0.480 e. The first kappa shape index (κ1) is 24.2. The zero-order valence-corrected chi connectivity index (χ0v) is 20.3. The van der Waals surface area contributed by atoms with Crippen molar-refractivity contribution in [3.63, 3.8) is 0 Å². The summed E-state index contributed by atoms with van der Waals surface area (Å²) in [6.45, 7) is 1.18. The molecule has 7 heteroatoms. The molecule has 1 aromatic heterocycles. The number of para-hydroxylation sites is 1. The number of carbonyl (C=O) groups is 3. The summed E-state index contributed by atoms with van der Waals surface area (Å²) in [6, 6.07) is 27.4. The number of pyridine rings is 1. The third kappa shape index (κ3) is 5.35. The normalized spacial score (nSPS) is 15.0. The molecule has 1 N–H and O–H groups in total. The topological polar surface area (TPSA) is 90.8 Å². The second-order valence-electron chi connectivity index (χ2n) is 9.23. The van der Waals surface area contributed by atoms with Gasteiger partial charge in [-0.15, -0.1) is 0 Å². The number of carboxylic acid groups (broad SMARTS) is 1. The number of fused-ring (bicyclic) bond motifs is 1. The molecular formula is C30H27N3O4. The Labute approximate surface area is 215 Å². The molecule has 0 unspecified atom stereocenters. The van der Waals surface area contributed by atoms with Crippen LogP contribution in [0, 0.1) is 0 Å². The molecule has 1 aliphatic rings. The zero-order valence-electron chi connectivity index (χ0n) is 20.3. The summed E-state index contributed by atoms with van der Waals surface area (Å²) < 4.78 is 0. The third-order valence-electron chi connectivity index (χ3n) is 6.69. The second-order valence-corrected chi connectivity index (χ2v) is 9.23. The summed E-state index contributed by atoms with van der Waals surface area (Å²) in [7, 11) is 0. The fourth-order valence-electron chi connectivity index (χ4n) is 4.76. The summed E-state index contributed by atoms with van der Waals surface area (Å²) in [5, 5.41) is 10.4. The van der Waals surface area contributed by atoms with Gasteiger partial charge in [0.25, 0.3) is 11.8 Å². The van der Waals surface area contributed by atoms with Gasteiger partial charge in [-0.25, -0.2) is 9.78 Å². The minimum absolute atomic E-state index is 0.184. The van der Waals surface area contributed by atoms with Gasteiger partial charge in [-0.05, 0) is 48.2 Å². The molecule has 2 amide bonds. The van der Waals surface area contributed by atoms with E-state index in [0.717, 1.165) is 22.0 Å². The second kappa shape index (κ2) is 10.6. The molecule has 2 heterocycles. The van der Waals surface area contributed by atoms with Gasteiger partial charge < -0.3 is 14.9 Å². The van der Waals surface area contributed by atoms with E-state index < -0.39 is 12.0 Å². The lowest BCUT2D eigenvalue weighted by atomic mass is 10.1. The number of nitrogens with zero attached hydrogens (tertiary/aromatic N) is 3. The number of rotatable bonds is 7. The Morgan fingerprint density at radius 3 is 2.24 bits per heavy atom. The minimum atomic E-state index is -0.972. The van der Waals surface area contributed by atoms with E-state index in [9.17, 15) is 19.5 Å². The molecule has 1 saturated heterocycles. The predicted molar refractivity (Wildman–Crippen MR) is 140 cm³/mol. The number of amides is 2. The molecule has 0 aliphatic carbocycles. The molecule has 186 valence electrons. The maximum absolute atomic E-state index is 13.6. The zero-order chi connectivity index (χ0) is 25.8. The van der Waals surface area contributed by atoms with E-state index in [1.165, 1.54) is 4.90 Å². The van der Waals surface area contributed by atoms with Crippen LogP contribution in [0.3, 0.4) is 0 Å². The smallest absolute Gasteiger partial charge is 0.326 e. The van der Waals surface area contributed by atoms with Crippen molar-refractivity contribution in [2.24, 2.45) is 0 Å². The first-order chi connectivity index (χ1) is 18.0. The molecule has 0 saturated carbocycles. The average Bonchev–Trinajstić information content (AvgIpc) is 3.43. The Bertz CT molecular complexity index is 1440. The number of aliphatic carboxylic acids is 1. The highest BCUT2D eigenvalue weighted by Crippen LogP contribution is 2.22. The summed E-state index contributed by atoms with van der Waals surface area (Å²) in [5.41, 5.74) is 3.43. The van der Waals surface area contributed by atoms with Crippen molar-refractivity contribution in [1.82, 2.24) is 14.8 Å². The highest BCUT2D eigenvalue weighted by Gasteiger charge is 2.34. The van der Waals surface area contributed by atoms with E-state index in [-0.39, 0.29) is 11.8 Å². The van der Waals surface area contributed by atoms with Crippen molar-refractivity contribution >= 4 is 28.7 Å². The van der Waals surface area contributed by atoms with E-state index >= 15 is 0 Å². The number of likely N-dealkylation sites (tertiary alicyclic amines) is 1. The van der Waals surface area contributed by atoms with E-state index in [1.54, 1.807) is 23.1 Å². The maximum atomic E-state index is 13.6. The first-order valence-electron chi connectivity index (χ1n) is 12.3. The molecule has 7 nitrogen and oxygen atoms in total. The van der Waals surface area contributed by atoms with Crippen LogP contribution in [-0.2, 0) is 17.9 Å². The van der Waals surface area contributed by atoms with Crippen molar-refractivity contribution < 1.29 is 19.5 Å². The first-order valence-corrected chi connectivity index (χ1v) is 12.3. The lowest BCUT2D eigenvalue weighted by molar-refractivity contribution is -0.141. The van der Waals surface area contributed by atoms with Crippen LogP contribution in [0.5, 0.6) is 0 Å². The minimum Gasteiger partial charge on any atom is -0.480 e. The SMILES string of the molecule is O=C(O)[C@H]1CCCN1C(=O)c1ccc(CN(Cc2ccccc2)C(=O)c2ccc3ccccc3n2)cc1. The molecular weight excluding hydrogens is 466 g/mol. The number of hydrogen-bond donors (Lipinski definition) is 1. The molecule has 5 rings (SSSR count). The van der Waals surface area contributed by atoms with E-state index in [1.807, 2.05) is 72.8 Å². The molecule has 0 bridgehead atoms. The molecule has 0 radical (unpaired) electrons. The van der Waals surface area contributed by atoms with Crippen LogP contribution in [0.1, 0.15) is 44.8 Å². The van der Waals surface area contributed by atoms with Crippen LogP contribution in [0.15, 0.2) is 91.0 Å². The molecule has 1 fully saturated rings. The quantitative estimate of drug-likeness (QED) is 0.401. The molecule has 1 atom stereocenters. The van der Waals surface area contributed by atoms with Crippen LogP contribution < -0.4 is 0 Å². The Kier molecular flexibility index (Phi) is 6.94. The average molecular weight is 494 g/mol. The summed E-state index contributed by atoms with van der Waals surface area (Å²) >= 11 is 0. The van der Waals surface area contributed by atoms with Gasteiger partial charge in [0.2, 0.25) is 0 Å². The number of carboxylic acids is 1. The number of carbonyl (C=O) groups excluding carboxylic acids is 2. The molecule has 37 heavy (non-hydrogen) atoms. The molecule has 3 aromatic carbocycles. The van der Waals surface area contributed by atoms with E-state index in [4.69, 9.17) is 0 Å². The van der Waals surface area contributed by atoms with Gasteiger partial charge in [-0.2, -0.15) is 0 Å². The van der Waals surface area contributed by atoms with E-state index in [0.29, 0.717) is 43.7 Å². The van der Waals surface area contributed by atoms with Crippen molar-refractivity contribution in [2.45, 2.75) is 32.0 Å². The van der Waals surface area contributed by atoms with Gasteiger partial charge in [0, 0.05) is 30.6 Å². The van der Waals surface area contributed by atoms with Gasteiger partial charge >= 0.3 is 5.97 Å². The van der Waals surface area contributed by atoms with Crippen LogP contribution >= 0.6 is 0 Å². The van der Waals surface area contributed by atoms with Crippen molar-refractivity contribution in [2.75, 3.05) is 6.54 Å². The lowest BCUT2D eigenvalue weighted by Gasteiger charge is -2.24. The Morgan fingerprint density at radius 2 is 1.51 bits per heavy atom. The fourth-order valence-corrected chi connectivity index (χ4v) is 4.76. The number of hydrogen-bond acceptors (Lipinski definition) is 4. The lowest BCUT2D eigenvalue weighted by Crippen LogP contribution is -2.40. The van der Waals surface area contributed by atoms with Crippen LogP contribution in [0.4, 0.5) is 0 Å². The Balaban J connectivity index is 1.37. The summed E-state index contributed by atoms with van der Waals surface area (Å²) in [4.78, 5) is 45.8. The highest BCUT2D eigenvalue weighted by atomic mass is 16.4. The van der Waals surface area contributed by atoms with Crippen LogP contribution in [-0.4, -0.2) is 50.3 Å². The highest BCUT2D eigenvalue weighted by molar-refractivity contribution is 5.97. The van der Waals surface area contributed by atoms with Crippen molar-refractivity contribution in [1.29, 1.82) is 0 Å².